The number of aromatic nitrogens is 3. The predicted octanol–water partition coefficient (Wildman–Crippen LogP) is 2.60. The molecule has 0 atom stereocenters. The fraction of sp³-hybridized carbons (Fsp3) is 0.333. The van der Waals surface area contributed by atoms with Gasteiger partial charge in [-0.05, 0) is 12.8 Å². The van der Waals surface area contributed by atoms with E-state index >= 15 is 0 Å². The van der Waals surface area contributed by atoms with Crippen molar-refractivity contribution >= 4 is 27.5 Å². The quantitative estimate of drug-likeness (QED) is 0.762. The van der Waals surface area contributed by atoms with Crippen LogP contribution in [0.4, 0.5) is 0 Å². The van der Waals surface area contributed by atoms with Crippen molar-refractivity contribution in [2.75, 3.05) is 6.54 Å². The Morgan fingerprint density at radius 1 is 1.28 bits per heavy atom. The van der Waals surface area contributed by atoms with E-state index in [1.807, 2.05) is 51.1 Å². The minimum absolute atomic E-state index is 0.0967. The average molecular weight is 356 g/mol. The van der Waals surface area contributed by atoms with E-state index in [9.17, 15) is 9.59 Å². The van der Waals surface area contributed by atoms with Gasteiger partial charge in [0.25, 0.3) is 5.56 Å². The summed E-state index contributed by atoms with van der Waals surface area (Å²) in [5, 5.41) is 7.87. The third-order valence-corrected chi connectivity index (χ3v) is 4.90. The zero-order valence-corrected chi connectivity index (χ0v) is 15.3. The summed E-state index contributed by atoms with van der Waals surface area (Å²) in [7, 11) is 0. The second-order valence-corrected chi connectivity index (χ2v) is 7.31. The van der Waals surface area contributed by atoms with E-state index in [0.29, 0.717) is 23.7 Å². The minimum atomic E-state index is -0.335. The summed E-state index contributed by atoms with van der Waals surface area (Å²) in [5.74, 6) is 0.130. The van der Waals surface area contributed by atoms with Crippen LogP contribution in [-0.4, -0.2) is 27.2 Å². The molecule has 0 saturated carbocycles. The number of nitrogens with one attached hydrogen (secondary N) is 1. The highest BCUT2D eigenvalue weighted by atomic mass is 32.1. The first kappa shape index (κ1) is 17.3. The molecule has 2 heterocycles. The van der Waals surface area contributed by atoms with Gasteiger partial charge in [0.05, 0.1) is 10.4 Å². The molecule has 2 aromatic heterocycles. The number of thiazole rings is 1. The van der Waals surface area contributed by atoms with Crippen molar-refractivity contribution in [3.05, 3.63) is 46.4 Å². The molecular weight excluding hydrogens is 336 g/mol. The van der Waals surface area contributed by atoms with Crippen molar-refractivity contribution < 1.29 is 4.79 Å². The predicted molar refractivity (Wildman–Crippen MR) is 99.7 cm³/mol. The fourth-order valence-corrected chi connectivity index (χ4v) is 3.43. The number of nitrogens with zero attached hydrogens (tertiary/aromatic N) is 3. The molecule has 3 aromatic rings. The van der Waals surface area contributed by atoms with Crippen LogP contribution in [0.15, 0.2) is 35.1 Å². The zero-order chi connectivity index (χ0) is 18.0. The number of rotatable bonds is 5. The monoisotopic (exact) mass is 356 g/mol. The first-order chi connectivity index (χ1) is 12.0. The van der Waals surface area contributed by atoms with Crippen LogP contribution < -0.4 is 10.9 Å². The van der Waals surface area contributed by atoms with E-state index in [-0.39, 0.29) is 18.0 Å². The molecule has 0 aliphatic heterocycles. The number of fused-ring (bicyclic) bond motifs is 1. The molecule has 0 radical (unpaired) electrons. The van der Waals surface area contributed by atoms with Gasteiger partial charge in [-0.15, -0.1) is 11.3 Å². The van der Waals surface area contributed by atoms with Crippen molar-refractivity contribution in [2.24, 2.45) is 5.92 Å². The normalized spacial score (nSPS) is 11.2. The molecule has 0 aliphatic carbocycles. The van der Waals surface area contributed by atoms with Gasteiger partial charge in [0.1, 0.15) is 11.6 Å². The second kappa shape index (κ2) is 7.14. The molecule has 1 aromatic carbocycles. The highest BCUT2D eigenvalue weighted by Crippen LogP contribution is 2.29. The minimum Gasteiger partial charge on any atom is -0.354 e. The largest absolute Gasteiger partial charge is 0.354 e. The van der Waals surface area contributed by atoms with Gasteiger partial charge in [-0.25, -0.2) is 9.67 Å². The lowest BCUT2D eigenvalue weighted by molar-refractivity contribution is -0.122. The highest BCUT2D eigenvalue weighted by Gasteiger charge is 2.16. The van der Waals surface area contributed by atoms with E-state index < -0.39 is 0 Å². The van der Waals surface area contributed by atoms with Gasteiger partial charge in [0, 0.05) is 12.1 Å². The molecular formula is C18H20N4O2S. The van der Waals surface area contributed by atoms with Gasteiger partial charge >= 0.3 is 0 Å². The van der Waals surface area contributed by atoms with Crippen LogP contribution in [0.1, 0.15) is 19.5 Å². The van der Waals surface area contributed by atoms with Crippen LogP contribution in [-0.2, 0) is 11.3 Å². The molecule has 1 N–H and O–H groups in total. The average Bonchev–Trinajstić information content (AvgIpc) is 3.05. The van der Waals surface area contributed by atoms with Gasteiger partial charge in [-0.2, -0.15) is 5.10 Å². The Balaban J connectivity index is 1.96. The summed E-state index contributed by atoms with van der Waals surface area (Å²) < 4.78 is 1.96. The van der Waals surface area contributed by atoms with Gasteiger partial charge in [0.2, 0.25) is 5.91 Å². The first-order valence-corrected chi connectivity index (χ1v) is 8.97. The topological polar surface area (TPSA) is 76.9 Å². The Kier molecular flexibility index (Phi) is 4.94. The maximum absolute atomic E-state index is 12.7. The van der Waals surface area contributed by atoms with E-state index in [1.54, 1.807) is 0 Å². The third-order valence-electron chi connectivity index (χ3n) is 3.69. The van der Waals surface area contributed by atoms with Crippen molar-refractivity contribution in [3.8, 4) is 10.6 Å². The molecule has 0 unspecified atom stereocenters. The molecule has 6 nitrogen and oxygen atoms in total. The Hall–Kier alpha value is -2.54. The lowest BCUT2D eigenvalue weighted by Crippen LogP contribution is -2.35. The van der Waals surface area contributed by atoms with Gasteiger partial charge in [0.15, 0.2) is 5.52 Å². The van der Waals surface area contributed by atoms with Gasteiger partial charge in [-0.1, -0.05) is 44.2 Å². The summed E-state index contributed by atoms with van der Waals surface area (Å²) in [6.45, 7) is 6.34. The van der Waals surface area contributed by atoms with Crippen molar-refractivity contribution in [3.63, 3.8) is 0 Å². The summed E-state index contributed by atoms with van der Waals surface area (Å²) in [6, 6.07) is 9.72. The molecule has 0 spiro atoms. The lowest BCUT2D eigenvalue weighted by atomic mass is 10.2. The maximum atomic E-state index is 12.7. The number of carbonyl (C=O) groups is 1. The first-order valence-electron chi connectivity index (χ1n) is 8.16. The smallest absolute Gasteiger partial charge is 0.294 e. The number of carbonyl (C=O) groups excluding carboxylic acids is 1. The second-order valence-electron chi connectivity index (χ2n) is 6.31. The molecule has 0 fully saturated rings. The summed E-state index contributed by atoms with van der Waals surface area (Å²) in [5.41, 5.74) is 1.70. The Bertz CT molecular complexity index is 960. The summed E-state index contributed by atoms with van der Waals surface area (Å²) >= 11 is 1.45. The lowest BCUT2D eigenvalue weighted by Gasteiger charge is -2.09. The number of aryl methyl sites for hydroxylation is 1. The highest BCUT2D eigenvalue weighted by molar-refractivity contribution is 7.21. The van der Waals surface area contributed by atoms with Crippen LogP contribution in [0, 0.1) is 12.8 Å². The van der Waals surface area contributed by atoms with Crippen molar-refractivity contribution in [2.45, 2.75) is 27.3 Å². The van der Waals surface area contributed by atoms with Gasteiger partial charge < -0.3 is 5.32 Å². The van der Waals surface area contributed by atoms with Crippen LogP contribution in [0.2, 0.25) is 0 Å². The number of hydrogen-bond acceptors (Lipinski definition) is 5. The van der Waals surface area contributed by atoms with Gasteiger partial charge in [-0.3, -0.25) is 9.59 Å². The molecule has 0 aliphatic rings. The number of benzene rings is 1. The number of amides is 1. The Labute approximate surface area is 149 Å². The van der Waals surface area contributed by atoms with Crippen molar-refractivity contribution in [1.29, 1.82) is 0 Å². The van der Waals surface area contributed by atoms with E-state index in [0.717, 1.165) is 15.3 Å². The molecule has 3 rings (SSSR count). The third kappa shape index (κ3) is 3.76. The summed E-state index contributed by atoms with van der Waals surface area (Å²) in [4.78, 5) is 29.2. The molecule has 0 saturated heterocycles. The van der Waals surface area contributed by atoms with Crippen LogP contribution in [0.5, 0.6) is 0 Å². The number of hydrogen-bond donors (Lipinski definition) is 1. The summed E-state index contributed by atoms with van der Waals surface area (Å²) in [6.07, 6.45) is 0. The molecule has 7 heteroatoms. The SMILES string of the molecule is Cc1nn(CC(=O)NCC(C)C)c(=O)c2nc(-c3ccccc3)sc12. The Morgan fingerprint density at radius 2 is 2.00 bits per heavy atom. The molecule has 1 amide bonds. The zero-order valence-electron chi connectivity index (χ0n) is 14.4. The standard InChI is InChI=1S/C18H20N4O2S/c1-11(2)9-19-14(23)10-22-18(24)15-16(12(3)21-22)25-17(20-15)13-7-5-4-6-8-13/h4-8,11H,9-10H2,1-3H3,(H,19,23). The van der Waals surface area contributed by atoms with E-state index in [1.165, 1.54) is 16.0 Å². The fourth-order valence-electron chi connectivity index (χ4n) is 2.43. The van der Waals surface area contributed by atoms with E-state index in [4.69, 9.17) is 0 Å². The van der Waals surface area contributed by atoms with E-state index in [2.05, 4.69) is 15.4 Å². The molecule has 0 bridgehead atoms. The molecule has 130 valence electrons. The van der Waals surface area contributed by atoms with Crippen LogP contribution >= 0.6 is 11.3 Å². The van der Waals surface area contributed by atoms with Crippen LogP contribution in [0.3, 0.4) is 0 Å². The molecule has 25 heavy (non-hydrogen) atoms. The maximum Gasteiger partial charge on any atom is 0.294 e. The Morgan fingerprint density at radius 3 is 2.68 bits per heavy atom. The van der Waals surface area contributed by atoms with Crippen LogP contribution in [0.25, 0.3) is 20.8 Å². The van der Waals surface area contributed by atoms with Crippen molar-refractivity contribution in [1.82, 2.24) is 20.1 Å².